The molecule has 0 aliphatic heterocycles. The van der Waals surface area contributed by atoms with E-state index in [-0.39, 0.29) is 5.91 Å². The van der Waals surface area contributed by atoms with Crippen molar-refractivity contribution in [1.29, 1.82) is 0 Å². The molecule has 0 aromatic carbocycles. The molecule has 15 heavy (non-hydrogen) atoms. The molecular formula is C11H13ClN2O. The van der Waals surface area contributed by atoms with Crippen LogP contribution in [-0.4, -0.2) is 17.4 Å². The van der Waals surface area contributed by atoms with Crippen molar-refractivity contribution < 1.29 is 4.79 Å². The summed E-state index contributed by atoms with van der Waals surface area (Å²) in [5.41, 5.74) is 0.695. The van der Waals surface area contributed by atoms with Crippen molar-refractivity contribution in [3.05, 3.63) is 29.0 Å². The third kappa shape index (κ3) is 2.69. The monoisotopic (exact) mass is 224 g/mol. The van der Waals surface area contributed by atoms with Gasteiger partial charge in [0.25, 0.3) is 5.91 Å². The van der Waals surface area contributed by atoms with Crippen molar-refractivity contribution in [2.75, 3.05) is 6.54 Å². The van der Waals surface area contributed by atoms with Crippen molar-refractivity contribution >= 4 is 17.5 Å². The molecule has 0 unspecified atom stereocenters. The van der Waals surface area contributed by atoms with Gasteiger partial charge in [0.15, 0.2) is 0 Å². The molecule has 80 valence electrons. The maximum Gasteiger partial charge on any atom is 0.269 e. The van der Waals surface area contributed by atoms with Crippen LogP contribution in [-0.2, 0) is 0 Å². The first-order valence-corrected chi connectivity index (χ1v) is 5.37. The number of nitrogens with zero attached hydrogens (tertiary/aromatic N) is 1. The molecule has 1 aliphatic carbocycles. The number of rotatable bonds is 3. The SMILES string of the molecule is CC1(CNC(=O)c2cc(Cl)ccn2)CC1. The summed E-state index contributed by atoms with van der Waals surface area (Å²) in [6.07, 6.45) is 3.92. The van der Waals surface area contributed by atoms with Gasteiger partial charge >= 0.3 is 0 Å². The molecule has 1 amide bonds. The van der Waals surface area contributed by atoms with E-state index in [0.29, 0.717) is 16.1 Å². The molecule has 0 radical (unpaired) electrons. The highest BCUT2D eigenvalue weighted by molar-refractivity contribution is 6.30. The van der Waals surface area contributed by atoms with E-state index < -0.39 is 0 Å². The number of halogens is 1. The fourth-order valence-electron chi connectivity index (χ4n) is 1.30. The molecular weight excluding hydrogens is 212 g/mol. The summed E-state index contributed by atoms with van der Waals surface area (Å²) < 4.78 is 0. The summed E-state index contributed by atoms with van der Waals surface area (Å²) >= 11 is 5.77. The Morgan fingerprint density at radius 1 is 1.67 bits per heavy atom. The van der Waals surface area contributed by atoms with Gasteiger partial charge in [0.05, 0.1) is 0 Å². The van der Waals surface area contributed by atoms with Gasteiger partial charge in [-0.25, -0.2) is 0 Å². The second-order valence-corrected chi connectivity index (χ2v) is 4.79. The average molecular weight is 225 g/mol. The van der Waals surface area contributed by atoms with Crippen molar-refractivity contribution in [3.63, 3.8) is 0 Å². The third-order valence-corrected chi connectivity index (χ3v) is 2.97. The van der Waals surface area contributed by atoms with E-state index in [1.807, 2.05) is 0 Å². The number of carbonyl (C=O) groups excluding carboxylic acids is 1. The summed E-state index contributed by atoms with van der Waals surface area (Å²) in [5, 5.41) is 3.40. The summed E-state index contributed by atoms with van der Waals surface area (Å²) in [7, 11) is 0. The maximum absolute atomic E-state index is 11.6. The lowest BCUT2D eigenvalue weighted by Gasteiger charge is -2.09. The molecule has 2 rings (SSSR count). The Kier molecular flexibility index (Phi) is 2.65. The molecule has 3 nitrogen and oxygen atoms in total. The summed E-state index contributed by atoms with van der Waals surface area (Å²) in [4.78, 5) is 15.6. The molecule has 1 heterocycles. The lowest BCUT2D eigenvalue weighted by molar-refractivity contribution is 0.0941. The zero-order valence-electron chi connectivity index (χ0n) is 8.59. The van der Waals surface area contributed by atoms with Crippen LogP contribution in [0.1, 0.15) is 30.3 Å². The Labute approximate surface area is 93.8 Å². The maximum atomic E-state index is 11.6. The number of carbonyl (C=O) groups is 1. The molecule has 1 aromatic heterocycles. The molecule has 0 bridgehead atoms. The average Bonchev–Trinajstić information content (AvgIpc) is 2.94. The number of pyridine rings is 1. The highest BCUT2D eigenvalue weighted by atomic mass is 35.5. The topological polar surface area (TPSA) is 42.0 Å². The van der Waals surface area contributed by atoms with E-state index in [2.05, 4.69) is 17.2 Å². The van der Waals surface area contributed by atoms with Crippen LogP contribution in [0, 0.1) is 5.41 Å². The van der Waals surface area contributed by atoms with E-state index in [4.69, 9.17) is 11.6 Å². The van der Waals surface area contributed by atoms with Gasteiger partial charge in [-0.1, -0.05) is 18.5 Å². The zero-order chi connectivity index (χ0) is 10.9. The van der Waals surface area contributed by atoms with Crippen molar-refractivity contribution in [1.82, 2.24) is 10.3 Å². The van der Waals surface area contributed by atoms with Crippen LogP contribution in [0.2, 0.25) is 5.02 Å². The van der Waals surface area contributed by atoms with E-state index in [0.717, 1.165) is 6.54 Å². The number of hydrogen-bond acceptors (Lipinski definition) is 2. The van der Waals surface area contributed by atoms with Crippen molar-refractivity contribution in [3.8, 4) is 0 Å². The molecule has 0 spiro atoms. The molecule has 0 atom stereocenters. The quantitative estimate of drug-likeness (QED) is 0.856. The van der Waals surface area contributed by atoms with E-state index in [1.54, 1.807) is 12.1 Å². The minimum atomic E-state index is -0.148. The van der Waals surface area contributed by atoms with E-state index in [1.165, 1.54) is 19.0 Å². The molecule has 1 fully saturated rings. The molecule has 1 N–H and O–H groups in total. The van der Waals surface area contributed by atoms with Crippen LogP contribution in [0.3, 0.4) is 0 Å². The smallest absolute Gasteiger partial charge is 0.269 e. The first-order chi connectivity index (χ1) is 7.09. The lowest BCUT2D eigenvalue weighted by atomic mass is 10.1. The second kappa shape index (κ2) is 3.81. The highest BCUT2D eigenvalue weighted by Crippen LogP contribution is 2.44. The van der Waals surface area contributed by atoms with Gasteiger partial charge in [-0.05, 0) is 30.4 Å². The number of amides is 1. The van der Waals surface area contributed by atoms with Gasteiger partial charge in [0.2, 0.25) is 0 Å². The minimum Gasteiger partial charge on any atom is -0.350 e. The largest absolute Gasteiger partial charge is 0.350 e. The molecule has 1 aliphatic rings. The van der Waals surface area contributed by atoms with E-state index in [9.17, 15) is 4.79 Å². The summed E-state index contributed by atoms with van der Waals surface area (Å²) in [6.45, 7) is 2.89. The van der Waals surface area contributed by atoms with Gasteiger partial charge in [-0.2, -0.15) is 0 Å². The van der Waals surface area contributed by atoms with Gasteiger partial charge in [-0.15, -0.1) is 0 Å². The second-order valence-electron chi connectivity index (χ2n) is 4.35. The summed E-state index contributed by atoms with van der Waals surface area (Å²) in [5.74, 6) is -0.148. The Hall–Kier alpha value is -1.09. The van der Waals surface area contributed by atoms with Crippen LogP contribution < -0.4 is 5.32 Å². The first-order valence-electron chi connectivity index (χ1n) is 4.99. The Morgan fingerprint density at radius 2 is 2.40 bits per heavy atom. The molecule has 1 saturated carbocycles. The van der Waals surface area contributed by atoms with Crippen LogP contribution >= 0.6 is 11.6 Å². The highest BCUT2D eigenvalue weighted by Gasteiger charge is 2.37. The van der Waals surface area contributed by atoms with Crippen molar-refractivity contribution in [2.45, 2.75) is 19.8 Å². The van der Waals surface area contributed by atoms with Crippen molar-refractivity contribution in [2.24, 2.45) is 5.41 Å². The number of aromatic nitrogens is 1. The Bertz CT molecular complexity index is 388. The molecule has 1 aromatic rings. The minimum absolute atomic E-state index is 0.148. The lowest BCUT2D eigenvalue weighted by Crippen LogP contribution is -2.29. The standard InChI is InChI=1S/C11H13ClN2O/c1-11(3-4-11)7-14-10(15)9-6-8(12)2-5-13-9/h2,5-6H,3-4,7H2,1H3,(H,14,15). The number of nitrogens with one attached hydrogen (secondary N) is 1. The zero-order valence-corrected chi connectivity index (χ0v) is 9.34. The fraction of sp³-hybridized carbons (Fsp3) is 0.455. The van der Waals surface area contributed by atoms with Crippen LogP contribution in [0.5, 0.6) is 0 Å². The third-order valence-electron chi connectivity index (χ3n) is 2.73. The first kappa shape index (κ1) is 10.4. The van der Waals surface area contributed by atoms with Gasteiger partial charge in [0.1, 0.15) is 5.69 Å². The predicted octanol–water partition coefficient (Wildman–Crippen LogP) is 2.26. The Morgan fingerprint density at radius 3 is 3.00 bits per heavy atom. The predicted molar refractivity (Wildman–Crippen MR) is 58.9 cm³/mol. The molecule has 0 saturated heterocycles. The van der Waals surface area contributed by atoms with Crippen LogP contribution in [0.15, 0.2) is 18.3 Å². The molecule has 4 heteroatoms. The van der Waals surface area contributed by atoms with E-state index >= 15 is 0 Å². The van der Waals surface area contributed by atoms with Crippen LogP contribution in [0.25, 0.3) is 0 Å². The number of hydrogen-bond donors (Lipinski definition) is 1. The van der Waals surface area contributed by atoms with Crippen LogP contribution in [0.4, 0.5) is 0 Å². The van der Waals surface area contributed by atoms with Gasteiger partial charge < -0.3 is 5.32 Å². The normalized spacial score (nSPS) is 17.2. The Balaban J connectivity index is 1.95. The fourth-order valence-corrected chi connectivity index (χ4v) is 1.46. The summed E-state index contributed by atoms with van der Waals surface area (Å²) in [6, 6.07) is 3.23. The van der Waals surface area contributed by atoms with Gasteiger partial charge in [0, 0.05) is 17.8 Å². The van der Waals surface area contributed by atoms with Gasteiger partial charge in [-0.3, -0.25) is 9.78 Å².